The lowest BCUT2D eigenvalue weighted by Gasteiger charge is -2.15. The average Bonchev–Trinajstić information content (AvgIpc) is 2.54. The third-order valence-electron chi connectivity index (χ3n) is 2.42. The van der Waals surface area contributed by atoms with Crippen LogP contribution in [0.2, 0.25) is 0 Å². The molecule has 0 heterocycles. The molecule has 0 spiro atoms. The molecule has 110 valence electrons. The van der Waals surface area contributed by atoms with E-state index in [1.807, 2.05) is 19.9 Å². The van der Waals surface area contributed by atoms with E-state index in [1.54, 1.807) is 48.7 Å². The summed E-state index contributed by atoms with van der Waals surface area (Å²) in [5, 5.41) is 10.1. The van der Waals surface area contributed by atoms with Crippen molar-refractivity contribution in [2.75, 3.05) is 5.01 Å². The van der Waals surface area contributed by atoms with E-state index in [0.717, 1.165) is 11.3 Å². The first kappa shape index (κ1) is 18.2. The SMILES string of the molecule is C=C/C=C(C=C)/C(N)=C/N(N)c1ccc(C#N)cc1.CC. The molecule has 0 fully saturated rings. The van der Waals surface area contributed by atoms with Gasteiger partial charge in [0.05, 0.1) is 23.0 Å². The second kappa shape index (κ2) is 10.1. The number of hydrazine groups is 1. The van der Waals surface area contributed by atoms with Crippen LogP contribution in [-0.2, 0) is 0 Å². The molecule has 0 aromatic heterocycles. The van der Waals surface area contributed by atoms with E-state index in [2.05, 4.69) is 13.2 Å². The lowest BCUT2D eigenvalue weighted by Crippen LogP contribution is -2.26. The lowest BCUT2D eigenvalue weighted by atomic mass is 10.2. The molecule has 0 aliphatic carbocycles. The van der Waals surface area contributed by atoms with Crippen molar-refractivity contribution in [3.05, 3.63) is 78.7 Å². The molecule has 0 saturated heterocycles. The second-order valence-electron chi connectivity index (χ2n) is 3.71. The summed E-state index contributed by atoms with van der Waals surface area (Å²) in [6, 6.07) is 8.91. The third-order valence-corrected chi connectivity index (χ3v) is 2.42. The molecule has 0 aliphatic rings. The predicted octanol–water partition coefficient (Wildman–Crippen LogP) is 3.36. The molecule has 4 N–H and O–H groups in total. The van der Waals surface area contributed by atoms with Gasteiger partial charge in [0.1, 0.15) is 0 Å². The summed E-state index contributed by atoms with van der Waals surface area (Å²) < 4.78 is 0. The molecular formula is C17H22N4. The van der Waals surface area contributed by atoms with Gasteiger partial charge < -0.3 is 5.73 Å². The minimum atomic E-state index is 0.474. The molecule has 4 heteroatoms. The maximum Gasteiger partial charge on any atom is 0.0991 e. The Bertz CT molecular complexity index is 559. The van der Waals surface area contributed by atoms with Gasteiger partial charge in [0, 0.05) is 6.20 Å². The highest BCUT2D eigenvalue weighted by Crippen LogP contribution is 2.14. The van der Waals surface area contributed by atoms with Gasteiger partial charge >= 0.3 is 0 Å². The van der Waals surface area contributed by atoms with Gasteiger partial charge in [-0.05, 0) is 29.8 Å². The molecule has 0 aliphatic heterocycles. The zero-order valence-corrected chi connectivity index (χ0v) is 12.6. The molecule has 0 saturated carbocycles. The van der Waals surface area contributed by atoms with E-state index < -0.39 is 0 Å². The monoisotopic (exact) mass is 282 g/mol. The molecule has 0 radical (unpaired) electrons. The van der Waals surface area contributed by atoms with Crippen LogP contribution in [0.5, 0.6) is 0 Å². The summed E-state index contributed by atoms with van der Waals surface area (Å²) in [5.74, 6) is 5.88. The van der Waals surface area contributed by atoms with Gasteiger partial charge in [0.15, 0.2) is 0 Å². The highest BCUT2D eigenvalue weighted by atomic mass is 15.4. The molecule has 1 aromatic carbocycles. The first-order valence-electron chi connectivity index (χ1n) is 6.59. The van der Waals surface area contributed by atoms with Crippen molar-refractivity contribution in [2.24, 2.45) is 11.6 Å². The molecule has 4 nitrogen and oxygen atoms in total. The zero-order chi connectivity index (χ0) is 16.3. The van der Waals surface area contributed by atoms with Gasteiger partial charge in [-0.1, -0.05) is 45.2 Å². The highest BCUT2D eigenvalue weighted by Gasteiger charge is 2.01. The van der Waals surface area contributed by atoms with Crippen molar-refractivity contribution in [3.63, 3.8) is 0 Å². The molecule has 0 amide bonds. The first-order valence-corrected chi connectivity index (χ1v) is 6.59. The minimum Gasteiger partial charge on any atom is -0.397 e. The number of nitrogens with two attached hydrogens (primary N) is 2. The number of anilines is 1. The summed E-state index contributed by atoms with van der Waals surface area (Å²) in [7, 11) is 0. The Morgan fingerprint density at radius 2 is 1.81 bits per heavy atom. The number of hydrogen-bond acceptors (Lipinski definition) is 4. The minimum absolute atomic E-state index is 0.474. The van der Waals surface area contributed by atoms with Gasteiger partial charge in [-0.15, -0.1) is 0 Å². The highest BCUT2D eigenvalue weighted by molar-refractivity contribution is 5.52. The van der Waals surface area contributed by atoms with Crippen LogP contribution in [0, 0.1) is 11.3 Å². The van der Waals surface area contributed by atoms with Crippen LogP contribution in [0.4, 0.5) is 5.69 Å². The Balaban J connectivity index is 0.00000191. The average molecular weight is 282 g/mol. The number of rotatable bonds is 5. The number of allylic oxidation sites excluding steroid dienone is 3. The topological polar surface area (TPSA) is 79.1 Å². The predicted molar refractivity (Wildman–Crippen MR) is 89.9 cm³/mol. The maximum absolute atomic E-state index is 8.72. The fourth-order valence-corrected chi connectivity index (χ4v) is 1.42. The Kier molecular flexibility index (Phi) is 8.74. The Hall–Kier alpha value is -2.77. The summed E-state index contributed by atoms with van der Waals surface area (Å²) in [4.78, 5) is 0. The van der Waals surface area contributed by atoms with E-state index in [4.69, 9.17) is 16.8 Å². The van der Waals surface area contributed by atoms with Crippen LogP contribution in [0.25, 0.3) is 0 Å². The van der Waals surface area contributed by atoms with Crippen LogP contribution in [0.3, 0.4) is 0 Å². The number of benzene rings is 1. The third kappa shape index (κ3) is 5.81. The molecule has 1 aromatic rings. The van der Waals surface area contributed by atoms with Gasteiger partial charge in [0.25, 0.3) is 0 Å². The zero-order valence-electron chi connectivity index (χ0n) is 12.6. The smallest absolute Gasteiger partial charge is 0.0991 e. The van der Waals surface area contributed by atoms with E-state index >= 15 is 0 Å². The molecule has 0 bridgehead atoms. The Morgan fingerprint density at radius 3 is 2.24 bits per heavy atom. The van der Waals surface area contributed by atoms with E-state index in [1.165, 1.54) is 5.01 Å². The summed E-state index contributed by atoms with van der Waals surface area (Å²) in [5.41, 5.74) is 8.42. The van der Waals surface area contributed by atoms with Gasteiger partial charge in [-0.2, -0.15) is 5.26 Å². The van der Waals surface area contributed by atoms with Crippen molar-refractivity contribution >= 4 is 5.69 Å². The summed E-state index contributed by atoms with van der Waals surface area (Å²) >= 11 is 0. The van der Waals surface area contributed by atoms with Crippen LogP contribution in [0.15, 0.2) is 73.1 Å². The van der Waals surface area contributed by atoms with Gasteiger partial charge in [-0.25, -0.2) is 5.84 Å². The van der Waals surface area contributed by atoms with Gasteiger partial charge in [-0.3, -0.25) is 5.01 Å². The van der Waals surface area contributed by atoms with Crippen molar-refractivity contribution in [1.82, 2.24) is 0 Å². The first-order chi connectivity index (χ1) is 10.1. The fraction of sp³-hybridized carbons (Fsp3) is 0.118. The normalized spacial score (nSPS) is 10.8. The van der Waals surface area contributed by atoms with E-state index in [9.17, 15) is 0 Å². The number of nitriles is 1. The van der Waals surface area contributed by atoms with E-state index in [0.29, 0.717) is 11.3 Å². The van der Waals surface area contributed by atoms with Crippen molar-refractivity contribution in [2.45, 2.75) is 13.8 Å². The molecular weight excluding hydrogens is 260 g/mol. The van der Waals surface area contributed by atoms with Crippen LogP contribution < -0.4 is 16.6 Å². The Labute approximate surface area is 126 Å². The molecule has 0 atom stereocenters. The maximum atomic E-state index is 8.72. The molecule has 21 heavy (non-hydrogen) atoms. The number of nitrogens with zero attached hydrogens (tertiary/aromatic N) is 2. The Morgan fingerprint density at radius 1 is 1.24 bits per heavy atom. The van der Waals surface area contributed by atoms with Crippen LogP contribution in [0.1, 0.15) is 19.4 Å². The second-order valence-corrected chi connectivity index (χ2v) is 3.71. The fourth-order valence-electron chi connectivity index (χ4n) is 1.42. The standard InChI is InChI=1S/C15H16N4.C2H6/c1-3-5-13(4-2)15(17)11-19(18)14-8-6-12(10-16)7-9-14;1-2/h3-9,11H,1-2,17-18H2;1-2H3/b13-5+,15-11-;. The quantitative estimate of drug-likeness (QED) is 0.493. The largest absolute Gasteiger partial charge is 0.397 e. The lowest BCUT2D eigenvalue weighted by molar-refractivity contribution is 1.06. The van der Waals surface area contributed by atoms with Gasteiger partial charge in [0.2, 0.25) is 0 Å². The van der Waals surface area contributed by atoms with Crippen LogP contribution in [-0.4, -0.2) is 0 Å². The summed E-state index contributed by atoms with van der Waals surface area (Å²) in [6.07, 6.45) is 6.57. The van der Waals surface area contributed by atoms with Crippen molar-refractivity contribution in [3.8, 4) is 6.07 Å². The summed E-state index contributed by atoms with van der Waals surface area (Å²) in [6.45, 7) is 11.3. The number of hydrogen-bond donors (Lipinski definition) is 2. The van der Waals surface area contributed by atoms with E-state index in [-0.39, 0.29) is 0 Å². The molecule has 0 unspecified atom stereocenters. The van der Waals surface area contributed by atoms with Crippen LogP contribution >= 0.6 is 0 Å². The van der Waals surface area contributed by atoms with Crippen molar-refractivity contribution in [1.29, 1.82) is 5.26 Å². The van der Waals surface area contributed by atoms with Crippen molar-refractivity contribution < 1.29 is 0 Å². The molecule has 1 rings (SSSR count).